The Labute approximate surface area is 213 Å². The Balaban J connectivity index is 0.000000297. The zero-order valence-corrected chi connectivity index (χ0v) is 21.5. The van der Waals surface area contributed by atoms with Gasteiger partial charge in [-0.05, 0) is 38.7 Å². The van der Waals surface area contributed by atoms with Crippen molar-refractivity contribution in [2.24, 2.45) is 0 Å². The molecular formula is C27H36N4O3S. The second kappa shape index (κ2) is 17.5. The number of carbonyl (C=O) groups excluding carboxylic acids is 1. The number of rotatable bonds is 8. The van der Waals surface area contributed by atoms with E-state index in [1.165, 1.54) is 32.3 Å². The van der Waals surface area contributed by atoms with Gasteiger partial charge in [0, 0.05) is 37.5 Å². The van der Waals surface area contributed by atoms with E-state index in [-0.39, 0.29) is 0 Å². The summed E-state index contributed by atoms with van der Waals surface area (Å²) < 4.78 is 11.4. The van der Waals surface area contributed by atoms with E-state index in [9.17, 15) is 0 Å². The van der Waals surface area contributed by atoms with Crippen molar-refractivity contribution in [3.05, 3.63) is 85.1 Å². The normalized spacial score (nSPS) is 15.5. The van der Waals surface area contributed by atoms with Crippen molar-refractivity contribution >= 4 is 23.6 Å². The zero-order valence-electron chi connectivity index (χ0n) is 20.7. The third kappa shape index (κ3) is 12.4. The minimum absolute atomic E-state index is 0.609. The molecule has 0 saturated carbocycles. The lowest BCUT2D eigenvalue weighted by Gasteiger charge is -2.28. The summed E-state index contributed by atoms with van der Waals surface area (Å²) in [5, 5.41) is 8.24. The van der Waals surface area contributed by atoms with Gasteiger partial charge in [0.2, 0.25) is 11.8 Å². The monoisotopic (exact) mass is 496 g/mol. The number of piperazine rings is 1. The maximum absolute atomic E-state index is 9.06. The third-order valence-electron chi connectivity index (χ3n) is 5.02. The smallest absolute Gasteiger partial charge is 0.244 e. The highest BCUT2D eigenvalue weighted by molar-refractivity contribution is 7.98. The number of aldehydes is 1. The van der Waals surface area contributed by atoms with Crippen molar-refractivity contribution in [1.29, 1.82) is 0 Å². The first-order valence-corrected chi connectivity index (χ1v) is 12.8. The van der Waals surface area contributed by atoms with Crippen LogP contribution in [0.5, 0.6) is 5.75 Å². The molecule has 0 spiro atoms. The fraction of sp³-hybridized carbons (Fsp3) is 0.370. The van der Waals surface area contributed by atoms with Crippen LogP contribution in [0.1, 0.15) is 18.2 Å². The van der Waals surface area contributed by atoms with Gasteiger partial charge in [-0.25, -0.2) is 0 Å². The Bertz CT molecular complexity index is 932. The number of aromatic nitrogens is 2. The molecular weight excluding hydrogens is 460 g/mol. The number of thioether (sulfide) groups is 1. The molecule has 8 heteroatoms. The predicted octanol–water partition coefficient (Wildman–Crippen LogP) is 4.52. The van der Waals surface area contributed by atoms with Crippen LogP contribution in [0.4, 0.5) is 0 Å². The van der Waals surface area contributed by atoms with Crippen LogP contribution in [-0.2, 0) is 10.5 Å². The van der Waals surface area contributed by atoms with Gasteiger partial charge < -0.3 is 19.0 Å². The number of nitrogens with zero attached hydrogens (tertiary/aromatic N) is 4. The van der Waals surface area contributed by atoms with Crippen molar-refractivity contribution in [3.63, 3.8) is 0 Å². The molecule has 0 unspecified atom stereocenters. The quantitative estimate of drug-likeness (QED) is 0.300. The fourth-order valence-corrected chi connectivity index (χ4v) is 3.62. The molecule has 0 atom stereocenters. The number of hydrogen-bond acceptors (Lipinski definition) is 8. The van der Waals surface area contributed by atoms with Gasteiger partial charge in [0.25, 0.3) is 0 Å². The molecule has 0 N–H and O–H groups in total. The van der Waals surface area contributed by atoms with Gasteiger partial charge >= 0.3 is 0 Å². The molecule has 1 saturated heterocycles. The molecule has 35 heavy (non-hydrogen) atoms. The molecule has 0 radical (unpaired) electrons. The Morgan fingerprint density at radius 3 is 2.40 bits per heavy atom. The first-order valence-electron chi connectivity index (χ1n) is 11.7. The summed E-state index contributed by atoms with van der Waals surface area (Å²) in [6.07, 6.45) is 12.7. The summed E-state index contributed by atoms with van der Waals surface area (Å²) in [5.41, 5.74) is 1.05. The molecule has 2 heterocycles. The Kier molecular flexibility index (Phi) is 14.1. The minimum Gasteiger partial charge on any atom is -0.493 e. The van der Waals surface area contributed by atoms with Crippen molar-refractivity contribution in [1.82, 2.24) is 20.0 Å². The molecule has 0 bridgehead atoms. The van der Waals surface area contributed by atoms with E-state index in [2.05, 4.69) is 46.7 Å². The molecule has 2 aliphatic rings. The summed E-state index contributed by atoms with van der Waals surface area (Å²) in [6.45, 7) is 8.70. The maximum Gasteiger partial charge on any atom is 0.244 e. The van der Waals surface area contributed by atoms with Crippen LogP contribution < -0.4 is 4.74 Å². The molecule has 7 nitrogen and oxygen atoms in total. The van der Waals surface area contributed by atoms with Gasteiger partial charge in [-0.2, -0.15) is 0 Å². The third-order valence-corrected chi connectivity index (χ3v) is 5.93. The fourth-order valence-electron chi connectivity index (χ4n) is 2.98. The number of carbonyl (C=O) groups is 1. The van der Waals surface area contributed by atoms with Crippen LogP contribution in [0.15, 0.2) is 77.8 Å². The first kappa shape index (κ1) is 28.3. The molecule has 1 aromatic carbocycles. The van der Waals surface area contributed by atoms with Crippen LogP contribution in [0.25, 0.3) is 5.57 Å². The number of allylic oxidation sites excluding steroid dienone is 7. The van der Waals surface area contributed by atoms with Gasteiger partial charge in [-0.1, -0.05) is 55.2 Å². The molecule has 1 aliphatic heterocycles. The molecule has 1 aromatic heterocycles. The lowest BCUT2D eigenvalue weighted by Crippen LogP contribution is -2.42. The van der Waals surface area contributed by atoms with E-state index in [1.807, 2.05) is 54.6 Å². The number of ether oxygens (including phenoxy) is 1. The largest absolute Gasteiger partial charge is 0.493 e. The standard InChI is InChI=1S/C18H18N2O2S.C6H14N2.C3H4O/c1-2-5-9-15(8-4-1)18-20-19-17(22-18)14-23-13-12-21-16-10-6-3-7-11-16;1-7-3-5-8(2)6-4-7;1-2-3-4/h1-8,10-11H,9,12-14H2;3-6H2,1-2H3;2-3H,1H2. The second-order valence-corrected chi connectivity index (χ2v) is 9.01. The summed E-state index contributed by atoms with van der Waals surface area (Å²) in [4.78, 5) is 13.8. The van der Waals surface area contributed by atoms with E-state index in [4.69, 9.17) is 13.9 Å². The summed E-state index contributed by atoms with van der Waals surface area (Å²) in [6, 6.07) is 9.82. The van der Waals surface area contributed by atoms with Crippen molar-refractivity contribution in [2.75, 3.05) is 52.6 Å². The van der Waals surface area contributed by atoms with Gasteiger partial charge in [0.1, 0.15) is 12.0 Å². The summed E-state index contributed by atoms with van der Waals surface area (Å²) in [7, 11) is 4.35. The Morgan fingerprint density at radius 1 is 1.06 bits per heavy atom. The van der Waals surface area contributed by atoms with E-state index in [0.717, 1.165) is 23.5 Å². The highest BCUT2D eigenvalue weighted by atomic mass is 32.2. The highest BCUT2D eigenvalue weighted by Crippen LogP contribution is 2.21. The van der Waals surface area contributed by atoms with Gasteiger partial charge in [0.05, 0.1) is 12.4 Å². The van der Waals surface area contributed by atoms with Crippen LogP contribution in [0.3, 0.4) is 0 Å². The molecule has 1 aliphatic carbocycles. The first-order chi connectivity index (χ1) is 17.1. The molecule has 188 valence electrons. The van der Waals surface area contributed by atoms with Gasteiger partial charge in [0.15, 0.2) is 0 Å². The van der Waals surface area contributed by atoms with Crippen molar-refractivity contribution < 1.29 is 13.9 Å². The molecule has 2 aromatic rings. The van der Waals surface area contributed by atoms with Crippen LogP contribution in [0.2, 0.25) is 0 Å². The Hall–Kier alpha value is -2.94. The molecule has 0 amide bonds. The molecule has 1 fully saturated rings. The highest BCUT2D eigenvalue weighted by Gasteiger charge is 2.10. The van der Waals surface area contributed by atoms with Crippen LogP contribution >= 0.6 is 11.8 Å². The molecule has 4 rings (SSSR count). The second-order valence-electron chi connectivity index (χ2n) is 7.90. The minimum atomic E-state index is 0.609. The Morgan fingerprint density at radius 2 is 1.74 bits per heavy atom. The van der Waals surface area contributed by atoms with E-state index >= 15 is 0 Å². The van der Waals surface area contributed by atoms with Crippen LogP contribution in [-0.4, -0.2) is 78.9 Å². The maximum atomic E-state index is 9.06. The number of para-hydroxylation sites is 1. The van der Waals surface area contributed by atoms with E-state index in [1.54, 1.807) is 11.8 Å². The van der Waals surface area contributed by atoms with Gasteiger partial charge in [-0.3, -0.25) is 4.79 Å². The van der Waals surface area contributed by atoms with Crippen LogP contribution in [0, 0.1) is 0 Å². The average Bonchev–Trinajstić information content (AvgIpc) is 3.19. The number of benzene rings is 1. The van der Waals surface area contributed by atoms with Gasteiger partial charge in [-0.15, -0.1) is 22.0 Å². The topological polar surface area (TPSA) is 71.7 Å². The number of likely N-dealkylation sites (N-methyl/N-ethyl adjacent to an activating group) is 2. The predicted molar refractivity (Wildman–Crippen MR) is 145 cm³/mol. The van der Waals surface area contributed by atoms with E-state index < -0.39 is 0 Å². The van der Waals surface area contributed by atoms with Crippen molar-refractivity contribution in [3.8, 4) is 5.75 Å². The lowest BCUT2D eigenvalue weighted by atomic mass is 10.2. The summed E-state index contributed by atoms with van der Waals surface area (Å²) >= 11 is 1.72. The lowest BCUT2D eigenvalue weighted by molar-refractivity contribution is -0.104. The van der Waals surface area contributed by atoms with Crippen molar-refractivity contribution in [2.45, 2.75) is 12.2 Å². The average molecular weight is 497 g/mol. The number of hydrogen-bond donors (Lipinski definition) is 0. The van der Waals surface area contributed by atoms with E-state index in [0.29, 0.717) is 30.4 Å². The summed E-state index contributed by atoms with van der Waals surface area (Å²) in [5.74, 6) is 3.74. The SMILES string of the molecule is C1=CC=C(c2nnc(CSCCOc3ccccc3)o2)CC=C1.C=CC=O.CN1CCN(C)CC1. The zero-order chi connectivity index (χ0) is 25.1.